The zero-order chi connectivity index (χ0) is 24.4. The van der Waals surface area contributed by atoms with Crippen LogP contribution in [-0.4, -0.2) is 23.9 Å². The summed E-state index contributed by atoms with van der Waals surface area (Å²) >= 11 is 0. The minimum Gasteiger partial charge on any atom is -0.422 e. The second kappa shape index (κ2) is 9.42. The van der Waals surface area contributed by atoms with E-state index in [1.807, 2.05) is 17.0 Å². The van der Waals surface area contributed by atoms with Crippen molar-refractivity contribution in [1.29, 1.82) is 0 Å². The number of benzene rings is 3. The Balaban J connectivity index is 1.36. The molecule has 35 heavy (non-hydrogen) atoms. The number of fused-ring (bicyclic) bond motifs is 1. The molecular formula is C27H23N3O5. The molecule has 1 saturated heterocycles. The van der Waals surface area contributed by atoms with Crippen molar-refractivity contribution in [2.75, 3.05) is 23.3 Å². The maximum atomic E-state index is 12.8. The van der Waals surface area contributed by atoms with Gasteiger partial charge in [0.05, 0.1) is 10.5 Å². The fourth-order valence-corrected chi connectivity index (χ4v) is 4.41. The number of carbonyl (C=O) groups is 1. The summed E-state index contributed by atoms with van der Waals surface area (Å²) in [4.78, 5) is 38.5. The number of nitro benzene ring substituents is 1. The summed E-state index contributed by atoms with van der Waals surface area (Å²) in [6, 6.07) is 20.4. The normalized spacial score (nSPS) is 13.5. The van der Waals surface area contributed by atoms with E-state index in [2.05, 4.69) is 5.32 Å². The van der Waals surface area contributed by atoms with Crippen molar-refractivity contribution in [2.24, 2.45) is 0 Å². The molecular weight excluding hydrogens is 446 g/mol. The molecule has 1 fully saturated rings. The van der Waals surface area contributed by atoms with Crippen LogP contribution in [0.5, 0.6) is 0 Å². The van der Waals surface area contributed by atoms with Gasteiger partial charge in [-0.2, -0.15) is 0 Å². The van der Waals surface area contributed by atoms with Gasteiger partial charge in [-0.3, -0.25) is 14.9 Å². The van der Waals surface area contributed by atoms with Crippen molar-refractivity contribution in [2.45, 2.75) is 19.3 Å². The molecule has 1 aliphatic heterocycles. The molecule has 0 unspecified atom stereocenters. The van der Waals surface area contributed by atoms with Crippen molar-refractivity contribution in [3.63, 3.8) is 0 Å². The van der Waals surface area contributed by atoms with Crippen molar-refractivity contribution >= 4 is 33.9 Å². The number of nitrogens with zero attached hydrogens (tertiary/aromatic N) is 2. The molecule has 0 aliphatic carbocycles. The quantitative estimate of drug-likeness (QED) is 0.231. The second-order valence-corrected chi connectivity index (χ2v) is 8.53. The number of hydrogen-bond acceptors (Lipinski definition) is 6. The average molecular weight is 469 g/mol. The standard InChI is InChI=1S/C27H23N3O5/c31-26(20-10-13-23(24(17-20)30(33)34)29-14-4-1-5-15-29)28-21-11-8-18(9-12-21)22-16-19-6-2-3-7-25(19)35-27(22)32/h2-3,6-13,16-17H,1,4-5,14-15H2,(H,28,31). The minimum absolute atomic E-state index is 0.0714. The van der Waals surface area contributed by atoms with Crippen LogP contribution < -0.4 is 15.8 Å². The van der Waals surface area contributed by atoms with E-state index in [-0.39, 0.29) is 11.3 Å². The fraction of sp³-hybridized carbons (Fsp3) is 0.185. The lowest BCUT2D eigenvalue weighted by molar-refractivity contribution is -0.384. The molecule has 0 bridgehead atoms. The van der Waals surface area contributed by atoms with Gasteiger partial charge in [-0.1, -0.05) is 30.3 Å². The second-order valence-electron chi connectivity index (χ2n) is 8.53. The van der Waals surface area contributed by atoms with Gasteiger partial charge < -0.3 is 14.6 Å². The molecule has 3 aromatic carbocycles. The molecule has 0 radical (unpaired) electrons. The van der Waals surface area contributed by atoms with Gasteiger partial charge in [-0.25, -0.2) is 4.79 Å². The van der Waals surface area contributed by atoms with Crippen molar-refractivity contribution in [3.8, 4) is 11.1 Å². The molecule has 0 saturated carbocycles. The van der Waals surface area contributed by atoms with Gasteiger partial charge in [0.2, 0.25) is 0 Å². The van der Waals surface area contributed by atoms with Crippen molar-refractivity contribution in [1.82, 2.24) is 0 Å². The summed E-state index contributed by atoms with van der Waals surface area (Å²) in [7, 11) is 0. The van der Waals surface area contributed by atoms with Crippen molar-refractivity contribution in [3.05, 3.63) is 98.9 Å². The van der Waals surface area contributed by atoms with E-state index in [0.717, 1.165) is 37.7 Å². The van der Waals surface area contributed by atoms with Gasteiger partial charge in [0.1, 0.15) is 11.3 Å². The van der Waals surface area contributed by atoms with E-state index in [0.29, 0.717) is 28.1 Å². The molecule has 5 rings (SSSR count). The van der Waals surface area contributed by atoms with E-state index in [9.17, 15) is 19.7 Å². The van der Waals surface area contributed by atoms with Gasteiger partial charge >= 0.3 is 5.63 Å². The molecule has 1 N–H and O–H groups in total. The fourth-order valence-electron chi connectivity index (χ4n) is 4.41. The van der Waals surface area contributed by atoms with E-state index >= 15 is 0 Å². The van der Waals surface area contributed by atoms with Crippen LogP contribution in [0.25, 0.3) is 22.1 Å². The van der Waals surface area contributed by atoms with Gasteiger partial charge in [-0.15, -0.1) is 0 Å². The Hall–Kier alpha value is -4.46. The lowest BCUT2D eigenvalue weighted by Crippen LogP contribution is -2.30. The monoisotopic (exact) mass is 469 g/mol. The predicted molar refractivity (Wildman–Crippen MR) is 135 cm³/mol. The number of rotatable bonds is 5. The van der Waals surface area contributed by atoms with Crippen LogP contribution in [0.15, 0.2) is 82.0 Å². The predicted octanol–water partition coefficient (Wildman–Crippen LogP) is 5.61. The van der Waals surface area contributed by atoms with E-state index in [1.54, 1.807) is 54.6 Å². The highest BCUT2D eigenvalue weighted by molar-refractivity contribution is 6.05. The van der Waals surface area contributed by atoms with Crippen molar-refractivity contribution < 1.29 is 14.1 Å². The molecule has 2 heterocycles. The summed E-state index contributed by atoms with van der Waals surface area (Å²) in [5, 5.41) is 15.3. The topological polar surface area (TPSA) is 106 Å². The van der Waals surface area contributed by atoms with Crippen LogP contribution in [0.2, 0.25) is 0 Å². The molecule has 1 aliphatic rings. The molecule has 1 amide bonds. The first-order valence-corrected chi connectivity index (χ1v) is 11.5. The third kappa shape index (κ3) is 4.63. The Bertz CT molecular complexity index is 1470. The number of carbonyl (C=O) groups excluding carboxylic acids is 1. The summed E-state index contributed by atoms with van der Waals surface area (Å²) in [6.45, 7) is 1.54. The molecule has 1 aromatic heterocycles. The zero-order valence-corrected chi connectivity index (χ0v) is 18.9. The number of anilines is 2. The Morgan fingerprint density at radius 1 is 0.943 bits per heavy atom. The molecule has 8 heteroatoms. The van der Waals surface area contributed by atoms with Crippen LogP contribution >= 0.6 is 0 Å². The summed E-state index contributed by atoms with van der Waals surface area (Å²) in [5.74, 6) is -0.448. The zero-order valence-electron chi connectivity index (χ0n) is 18.9. The highest BCUT2D eigenvalue weighted by Crippen LogP contribution is 2.31. The third-order valence-electron chi connectivity index (χ3n) is 6.23. The van der Waals surface area contributed by atoms with E-state index in [1.165, 1.54) is 6.07 Å². The average Bonchev–Trinajstić information content (AvgIpc) is 2.89. The van der Waals surface area contributed by atoms with Crippen LogP contribution in [0.3, 0.4) is 0 Å². The number of para-hydroxylation sites is 1. The summed E-state index contributed by atoms with van der Waals surface area (Å²) in [6.07, 6.45) is 3.11. The SMILES string of the molecule is O=C(Nc1ccc(-c2cc3ccccc3oc2=O)cc1)c1ccc(N2CCCCC2)c([N+](=O)[O-])c1. The highest BCUT2D eigenvalue weighted by atomic mass is 16.6. The number of amides is 1. The molecule has 0 atom stereocenters. The Labute approximate surface area is 201 Å². The first-order chi connectivity index (χ1) is 17.0. The minimum atomic E-state index is -0.448. The first-order valence-electron chi connectivity index (χ1n) is 11.5. The van der Waals surface area contributed by atoms with Gasteiger partial charge in [0.25, 0.3) is 11.6 Å². The van der Waals surface area contributed by atoms with Crippen LogP contribution in [0.4, 0.5) is 17.1 Å². The van der Waals surface area contributed by atoms with E-state index in [4.69, 9.17) is 4.42 Å². The van der Waals surface area contributed by atoms with E-state index < -0.39 is 16.5 Å². The smallest absolute Gasteiger partial charge is 0.344 e. The van der Waals surface area contributed by atoms with Crippen LogP contribution in [-0.2, 0) is 0 Å². The molecule has 176 valence electrons. The number of hydrogen-bond donors (Lipinski definition) is 1. The Kier molecular flexibility index (Phi) is 6.01. The molecule has 8 nitrogen and oxygen atoms in total. The molecule has 0 spiro atoms. The van der Waals surface area contributed by atoms with Gasteiger partial charge in [0, 0.05) is 35.8 Å². The maximum Gasteiger partial charge on any atom is 0.344 e. The number of piperidine rings is 1. The Morgan fingerprint density at radius 2 is 1.69 bits per heavy atom. The van der Waals surface area contributed by atoms with Crippen LogP contribution in [0.1, 0.15) is 29.6 Å². The summed E-state index contributed by atoms with van der Waals surface area (Å²) < 4.78 is 5.40. The maximum absolute atomic E-state index is 12.8. The number of nitro groups is 1. The first kappa shape index (κ1) is 22.3. The summed E-state index contributed by atoms with van der Waals surface area (Å²) in [5.41, 5.74) is 2.34. The largest absolute Gasteiger partial charge is 0.422 e. The lowest BCUT2D eigenvalue weighted by Gasteiger charge is -2.28. The van der Waals surface area contributed by atoms with Gasteiger partial charge in [0.15, 0.2) is 0 Å². The lowest BCUT2D eigenvalue weighted by atomic mass is 10.1. The highest BCUT2D eigenvalue weighted by Gasteiger charge is 2.23. The molecule has 4 aromatic rings. The van der Waals surface area contributed by atoms with Crippen LogP contribution in [0, 0.1) is 10.1 Å². The number of nitrogens with one attached hydrogen (secondary N) is 1. The third-order valence-corrected chi connectivity index (χ3v) is 6.23. The Morgan fingerprint density at radius 3 is 2.43 bits per heavy atom. The van der Waals surface area contributed by atoms with Gasteiger partial charge in [-0.05, 0) is 61.2 Å².